The van der Waals surface area contributed by atoms with E-state index in [0.29, 0.717) is 0 Å². The van der Waals surface area contributed by atoms with Crippen molar-refractivity contribution >= 4 is 11.8 Å². The molecule has 1 aromatic carbocycles. The molecule has 0 saturated carbocycles. The molecule has 0 saturated heterocycles. The topological polar surface area (TPSA) is 0 Å². The minimum Gasteiger partial charge on any atom is -0.0905 e. The number of hydrogen-bond acceptors (Lipinski definition) is 1. The molecule has 0 unspecified atom stereocenters. The van der Waals surface area contributed by atoms with E-state index in [1.54, 1.807) is 11.8 Å². The fraction of sp³-hybridized carbons (Fsp3) is 0.231. The van der Waals surface area contributed by atoms with Crippen LogP contribution in [-0.2, 0) is 0 Å². The normalized spacial score (nSPS) is 12.3. The Morgan fingerprint density at radius 3 is 2.57 bits per heavy atom. The van der Waals surface area contributed by atoms with Crippen LogP contribution in [0.15, 0.2) is 58.4 Å². The zero-order chi connectivity index (χ0) is 10.2. The van der Waals surface area contributed by atoms with Crippen molar-refractivity contribution in [2.24, 2.45) is 0 Å². The molecule has 0 fully saturated rings. The van der Waals surface area contributed by atoms with Gasteiger partial charge in [-0.25, -0.2) is 0 Å². The van der Waals surface area contributed by atoms with E-state index in [4.69, 9.17) is 0 Å². The molecule has 0 aliphatic carbocycles. The SMILES string of the molecule is C/C=C(\C=C/CC)Sc1ccccc1. The van der Waals surface area contributed by atoms with Gasteiger partial charge in [-0.2, -0.15) is 0 Å². The van der Waals surface area contributed by atoms with Crippen LogP contribution in [0.1, 0.15) is 20.3 Å². The van der Waals surface area contributed by atoms with Gasteiger partial charge in [0.05, 0.1) is 0 Å². The van der Waals surface area contributed by atoms with Crippen molar-refractivity contribution in [1.82, 2.24) is 0 Å². The van der Waals surface area contributed by atoms with Gasteiger partial charge in [0, 0.05) is 9.80 Å². The van der Waals surface area contributed by atoms with E-state index in [0.717, 1.165) is 6.42 Å². The lowest BCUT2D eigenvalue weighted by molar-refractivity contribution is 1.22. The van der Waals surface area contributed by atoms with Crippen molar-refractivity contribution in [2.45, 2.75) is 25.2 Å². The Kier molecular flexibility index (Phi) is 5.16. The van der Waals surface area contributed by atoms with E-state index in [1.165, 1.54) is 9.80 Å². The molecule has 1 aromatic rings. The maximum absolute atomic E-state index is 2.19. The van der Waals surface area contributed by atoms with Gasteiger partial charge in [-0.05, 0) is 25.5 Å². The minimum absolute atomic E-state index is 1.09. The molecule has 0 radical (unpaired) electrons. The fourth-order valence-electron chi connectivity index (χ4n) is 1.05. The van der Waals surface area contributed by atoms with Crippen LogP contribution in [0.5, 0.6) is 0 Å². The second kappa shape index (κ2) is 6.50. The first-order valence-electron chi connectivity index (χ1n) is 4.92. The predicted octanol–water partition coefficient (Wildman–Crippen LogP) is 4.65. The highest BCUT2D eigenvalue weighted by molar-refractivity contribution is 8.03. The lowest BCUT2D eigenvalue weighted by atomic mass is 10.4. The Hall–Kier alpha value is -0.950. The van der Waals surface area contributed by atoms with Crippen LogP contribution in [0, 0.1) is 0 Å². The van der Waals surface area contributed by atoms with Gasteiger partial charge in [-0.15, -0.1) is 0 Å². The molecule has 1 heteroatoms. The van der Waals surface area contributed by atoms with Crippen LogP contribution in [-0.4, -0.2) is 0 Å². The summed E-state index contributed by atoms with van der Waals surface area (Å²) in [5, 5.41) is 0. The quantitative estimate of drug-likeness (QED) is 0.508. The average molecular weight is 204 g/mol. The lowest BCUT2D eigenvalue weighted by Crippen LogP contribution is -1.72. The first kappa shape index (κ1) is 11.1. The smallest absolute Gasteiger partial charge is 0.0122 e. The number of benzene rings is 1. The van der Waals surface area contributed by atoms with Crippen molar-refractivity contribution in [1.29, 1.82) is 0 Å². The molecular weight excluding hydrogens is 188 g/mol. The minimum atomic E-state index is 1.09. The van der Waals surface area contributed by atoms with E-state index in [2.05, 4.69) is 56.3 Å². The highest BCUT2D eigenvalue weighted by Crippen LogP contribution is 2.26. The van der Waals surface area contributed by atoms with Crippen molar-refractivity contribution in [3.63, 3.8) is 0 Å². The summed E-state index contributed by atoms with van der Waals surface area (Å²) in [5.41, 5.74) is 0. The zero-order valence-corrected chi connectivity index (χ0v) is 9.55. The summed E-state index contributed by atoms with van der Waals surface area (Å²) in [6.45, 7) is 4.22. The predicted molar refractivity (Wildman–Crippen MR) is 65.5 cm³/mol. The second-order valence-corrected chi connectivity index (χ2v) is 4.06. The third-order valence-corrected chi connectivity index (χ3v) is 2.90. The molecule has 0 aliphatic rings. The Balaban J connectivity index is 2.63. The Morgan fingerprint density at radius 2 is 2.00 bits per heavy atom. The second-order valence-electron chi connectivity index (χ2n) is 2.92. The van der Waals surface area contributed by atoms with E-state index < -0.39 is 0 Å². The van der Waals surface area contributed by atoms with Crippen molar-refractivity contribution in [3.05, 3.63) is 53.5 Å². The van der Waals surface area contributed by atoms with Gasteiger partial charge in [0.15, 0.2) is 0 Å². The summed E-state index contributed by atoms with van der Waals surface area (Å²) in [6.07, 6.45) is 7.60. The average Bonchev–Trinajstić information content (AvgIpc) is 2.25. The van der Waals surface area contributed by atoms with E-state index in [-0.39, 0.29) is 0 Å². The number of rotatable bonds is 4. The van der Waals surface area contributed by atoms with Crippen LogP contribution in [0.3, 0.4) is 0 Å². The van der Waals surface area contributed by atoms with Gasteiger partial charge in [-0.1, -0.05) is 55.1 Å². The highest BCUT2D eigenvalue weighted by atomic mass is 32.2. The molecule has 0 heterocycles. The zero-order valence-electron chi connectivity index (χ0n) is 8.73. The number of hydrogen-bond donors (Lipinski definition) is 0. The van der Waals surface area contributed by atoms with E-state index >= 15 is 0 Å². The molecule has 1 rings (SSSR count). The first-order valence-corrected chi connectivity index (χ1v) is 5.74. The molecule has 0 bridgehead atoms. The highest BCUT2D eigenvalue weighted by Gasteiger charge is 1.94. The summed E-state index contributed by atoms with van der Waals surface area (Å²) in [7, 11) is 0. The molecular formula is C13H16S. The third kappa shape index (κ3) is 3.84. The third-order valence-electron chi connectivity index (χ3n) is 1.78. The Morgan fingerprint density at radius 1 is 1.29 bits per heavy atom. The van der Waals surface area contributed by atoms with Crippen molar-refractivity contribution in [2.75, 3.05) is 0 Å². The van der Waals surface area contributed by atoms with Crippen LogP contribution in [0.25, 0.3) is 0 Å². The molecule has 0 spiro atoms. The van der Waals surface area contributed by atoms with Crippen LogP contribution in [0.2, 0.25) is 0 Å². The monoisotopic (exact) mass is 204 g/mol. The lowest BCUT2D eigenvalue weighted by Gasteiger charge is -2.00. The summed E-state index contributed by atoms with van der Waals surface area (Å²) >= 11 is 1.80. The molecule has 0 N–H and O–H groups in total. The van der Waals surface area contributed by atoms with E-state index in [1.807, 2.05) is 6.07 Å². The Bertz CT molecular complexity index is 309. The molecule has 0 amide bonds. The number of allylic oxidation sites excluding steroid dienone is 3. The van der Waals surface area contributed by atoms with Crippen LogP contribution >= 0.6 is 11.8 Å². The molecule has 14 heavy (non-hydrogen) atoms. The van der Waals surface area contributed by atoms with Gasteiger partial charge >= 0.3 is 0 Å². The largest absolute Gasteiger partial charge is 0.0905 e. The molecule has 0 nitrogen and oxygen atoms in total. The van der Waals surface area contributed by atoms with Gasteiger partial charge in [0.2, 0.25) is 0 Å². The van der Waals surface area contributed by atoms with Gasteiger partial charge in [0.1, 0.15) is 0 Å². The molecule has 0 atom stereocenters. The number of thioether (sulfide) groups is 1. The Labute approximate surface area is 90.7 Å². The van der Waals surface area contributed by atoms with Crippen LogP contribution in [0.4, 0.5) is 0 Å². The maximum Gasteiger partial charge on any atom is 0.0122 e. The standard InChI is InChI=1S/C13H16S/c1-3-5-9-12(4-2)14-13-10-7-6-8-11-13/h4-11H,3H2,1-2H3/b9-5-,12-4+. The van der Waals surface area contributed by atoms with Gasteiger partial charge in [0.25, 0.3) is 0 Å². The maximum atomic E-state index is 2.19. The summed E-state index contributed by atoms with van der Waals surface area (Å²) < 4.78 is 0. The van der Waals surface area contributed by atoms with Crippen molar-refractivity contribution < 1.29 is 0 Å². The molecule has 0 aliphatic heterocycles. The van der Waals surface area contributed by atoms with Crippen LogP contribution < -0.4 is 0 Å². The fourth-order valence-corrected chi connectivity index (χ4v) is 1.90. The van der Waals surface area contributed by atoms with E-state index in [9.17, 15) is 0 Å². The van der Waals surface area contributed by atoms with Gasteiger partial charge in [-0.3, -0.25) is 0 Å². The summed E-state index contributed by atoms with van der Waals surface area (Å²) in [6, 6.07) is 10.4. The van der Waals surface area contributed by atoms with Gasteiger partial charge < -0.3 is 0 Å². The van der Waals surface area contributed by atoms with Crippen molar-refractivity contribution in [3.8, 4) is 0 Å². The molecule has 0 aromatic heterocycles. The molecule has 74 valence electrons. The summed E-state index contributed by atoms with van der Waals surface area (Å²) in [4.78, 5) is 2.60. The first-order chi connectivity index (χ1) is 6.86. The summed E-state index contributed by atoms with van der Waals surface area (Å²) in [5.74, 6) is 0.